The summed E-state index contributed by atoms with van der Waals surface area (Å²) in [4.78, 5) is 11.3. The summed E-state index contributed by atoms with van der Waals surface area (Å²) in [5.41, 5.74) is 2.30. The first-order chi connectivity index (χ1) is 9.54. The minimum atomic E-state index is -1.06. The highest BCUT2D eigenvalue weighted by Gasteiger charge is 2.20. The molecule has 102 valence electrons. The molecule has 3 nitrogen and oxygen atoms in total. The van der Waals surface area contributed by atoms with Crippen LogP contribution in [0.3, 0.4) is 0 Å². The molecule has 2 aromatic rings. The van der Waals surface area contributed by atoms with Gasteiger partial charge in [0.1, 0.15) is 6.10 Å². The predicted molar refractivity (Wildman–Crippen MR) is 69.2 cm³/mol. The van der Waals surface area contributed by atoms with Crippen LogP contribution in [0.25, 0.3) is 0 Å². The largest absolute Gasteiger partial charge is 0.384 e. The Labute approximate surface area is 113 Å². The Kier molecular flexibility index (Phi) is 2.99. The lowest BCUT2D eigenvalue weighted by Gasteiger charge is -2.13. The number of amides is 1. The van der Waals surface area contributed by atoms with Crippen LogP contribution in [0.15, 0.2) is 36.4 Å². The van der Waals surface area contributed by atoms with Gasteiger partial charge in [-0.15, -0.1) is 0 Å². The van der Waals surface area contributed by atoms with Crippen LogP contribution in [-0.4, -0.2) is 11.0 Å². The minimum Gasteiger partial charge on any atom is -0.384 e. The number of carbonyl (C=O) groups excluding carboxylic acids is 1. The van der Waals surface area contributed by atoms with E-state index in [1.807, 2.05) is 0 Å². The SMILES string of the molecule is O=C1Cc2cc(C(O)c3ccc(F)c(F)c3)ccc2N1. The van der Waals surface area contributed by atoms with E-state index in [-0.39, 0.29) is 17.9 Å². The summed E-state index contributed by atoms with van der Waals surface area (Å²) in [5.74, 6) is -2.05. The number of halogens is 2. The van der Waals surface area contributed by atoms with Crippen molar-refractivity contribution in [2.24, 2.45) is 0 Å². The lowest BCUT2D eigenvalue weighted by atomic mass is 9.98. The van der Waals surface area contributed by atoms with Crippen molar-refractivity contribution in [3.05, 3.63) is 64.7 Å². The fourth-order valence-corrected chi connectivity index (χ4v) is 2.29. The zero-order valence-electron chi connectivity index (χ0n) is 10.4. The number of anilines is 1. The van der Waals surface area contributed by atoms with E-state index in [1.54, 1.807) is 18.2 Å². The van der Waals surface area contributed by atoms with Crippen molar-refractivity contribution in [3.63, 3.8) is 0 Å². The number of hydrogen-bond donors (Lipinski definition) is 2. The quantitative estimate of drug-likeness (QED) is 0.885. The van der Waals surface area contributed by atoms with Gasteiger partial charge in [0, 0.05) is 5.69 Å². The second-order valence-corrected chi connectivity index (χ2v) is 4.72. The van der Waals surface area contributed by atoms with Crippen LogP contribution in [0.5, 0.6) is 0 Å². The predicted octanol–water partition coefficient (Wildman–Crippen LogP) is 2.54. The number of carbonyl (C=O) groups is 1. The zero-order chi connectivity index (χ0) is 14.3. The average molecular weight is 275 g/mol. The van der Waals surface area contributed by atoms with E-state index in [4.69, 9.17) is 0 Å². The smallest absolute Gasteiger partial charge is 0.228 e. The maximum Gasteiger partial charge on any atom is 0.228 e. The molecule has 0 aromatic heterocycles. The molecule has 1 unspecified atom stereocenters. The number of aliphatic hydroxyl groups excluding tert-OH is 1. The molecular formula is C15H11F2NO2. The molecule has 0 saturated heterocycles. The molecule has 0 bridgehead atoms. The Bertz CT molecular complexity index is 700. The lowest BCUT2D eigenvalue weighted by Crippen LogP contribution is -2.03. The van der Waals surface area contributed by atoms with E-state index in [0.717, 1.165) is 23.4 Å². The van der Waals surface area contributed by atoms with Crippen LogP contribution < -0.4 is 5.32 Å². The summed E-state index contributed by atoms with van der Waals surface area (Å²) in [7, 11) is 0. The molecule has 0 aliphatic carbocycles. The van der Waals surface area contributed by atoms with E-state index in [1.165, 1.54) is 6.07 Å². The third-order valence-corrected chi connectivity index (χ3v) is 3.33. The Balaban J connectivity index is 1.94. The molecule has 1 heterocycles. The number of aliphatic hydroxyl groups is 1. The van der Waals surface area contributed by atoms with E-state index < -0.39 is 17.7 Å². The third kappa shape index (κ3) is 2.16. The zero-order valence-corrected chi connectivity index (χ0v) is 10.4. The van der Waals surface area contributed by atoms with Crippen molar-refractivity contribution < 1.29 is 18.7 Å². The van der Waals surface area contributed by atoms with Gasteiger partial charge in [-0.25, -0.2) is 8.78 Å². The average Bonchev–Trinajstić information content (AvgIpc) is 2.80. The summed E-state index contributed by atoms with van der Waals surface area (Å²) in [5, 5.41) is 12.9. The van der Waals surface area contributed by atoms with Gasteiger partial charge in [-0.3, -0.25) is 4.79 Å². The Hall–Kier alpha value is -2.27. The van der Waals surface area contributed by atoms with Gasteiger partial charge in [0.25, 0.3) is 0 Å². The summed E-state index contributed by atoms with van der Waals surface area (Å²) < 4.78 is 26.1. The van der Waals surface area contributed by atoms with Gasteiger partial charge in [0.2, 0.25) is 5.91 Å². The molecule has 1 aliphatic rings. The molecule has 0 radical (unpaired) electrons. The van der Waals surface area contributed by atoms with Crippen molar-refractivity contribution in [1.29, 1.82) is 0 Å². The Morgan fingerprint density at radius 1 is 1.05 bits per heavy atom. The van der Waals surface area contributed by atoms with Crippen molar-refractivity contribution in [3.8, 4) is 0 Å². The van der Waals surface area contributed by atoms with E-state index in [2.05, 4.69) is 5.32 Å². The molecule has 2 N–H and O–H groups in total. The van der Waals surface area contributed by atoms with Gasteiger partial charge >= 0.3 is 0 Å². The summed E-state index contributed by atoms with van der Waals surface area (Å²) in [6.07, 6.45) is -0.806. The Morgan fingerprint density at radius 2 is 1.75 bits per heavy atom. The molecule has 1 amide bonds. The van der Waals surface area contributed by atoms with Gasteiger partial charge < -0.3 is 10.4 Å². The number of fused-ring (bicyclic) bond motifs is 1. The second-order valence-electron chi connectivity index (χ2n) is 4.72. The van der Waals surface area contributed by atoms with E-state index >= 15 is 0 Å². The maximum absolute atomic E-state index is 13.2. The van der Waals surface area contributed by atoms with Crippen molar-refractivity contribution in [2.75, 3.05) is 5.32 Å². The summed E-state index contributed by atoms with van der Waals surface area (Å²) >= 11 is 0. The van der Waals surface area contributed by atoms with Crippen molar-refractivity contribution >= 4 is 11.6 Å². The first kappa shape index (κ1) is 12.7. The lowest BCUT2D eigenvalue weighted by molar-refractivity contribution is -0.115. The molecule has 5 heteroatoms. The highest BCUT2D eigenvalue weighted by molar-refractivity contribution is 5.99. The molecule has 1 atom stereocenters. The molecule has 2 aromatic carbocycles. The third-order valence-electron chi connectivity index (χ3n) is 3.33. The van der Waals surface area contributed by atoms with Crippen molar-refractivity contribution in [2.45, 2.75) is 12.5 Å². The Morgan fingerprint density at radius 3 is 2.50 bits per heavy atom. The molecule has 3 rings (SSSR count). The van der Waals surface area contributed by atoms with Gasteiger partial charge in [-0.1, -0.05) is 18.2 Å². The topological polar surface area (TPSA) is 49.3 Å². The van der Waals surface area contributed by atoms with Gasteiger partial charge in [0.15, 0.2) is 11.6 Å². The van der Waals surface area contributed by atoms with Crippen LogP contribution in [0.4, 0.5) is 14.5 Å². The van der Waals surface area contributed by atoms with Gasteiger partial charge in [-0.05, 0) is 34.9 Å². The van der Waals surface area contributed by atoms with E-state index in [0.29, 0.717) is 5.56 Å². The standard InChI is InChI=1S/C15H11F2NO2/c16-11-3-1-9(6-12(11)17)15(20)8-2-4-13-10(5-8)7-14(19)18-13/h1-6,15,20H,7H2,(H,18,19). The highest BCUT2D eigenvalue weighted by Crippen LogP contribution is 2.29. The normalized spacial score (nSPS) is 14.8. The molecular weight excluding hydrogens is 264 g/mol. The summed E-state index contributed by atoms with van der Waals surface area (Å²) in [6.45, 7) is 0. The van der Waals surface area contributed by atoms with Crippen LogP contribution in [-0.2, 0) is 11.2 Å². The fraction of sp³-hybridized carbons (Fsp3) is 0.133. The van der Waals surface area contributed by atoms with Crippen LogP contribution >= 0.6 is 0 Å². The summed E-state index contributed by atoms with van der Waals surface area (Å²) in [6, 6.07) is 8.32. The molecule has 1 aliphatic heterocycles. The second kappa shape index (κ2) is 4.68. The number of nitrogens with one attached hydrogen (secondary N) is 1. The van der Waals surface area contributed by atoms with Crippen LogP contribution in [0.2, 0.25) is 0 Å². The molecule has 0 saturated carbocycles. The maximum atomic E-state index is 13.2. The highest BCUT2D eigenvalue weighted by atomic mass is 19.2. The van der Waals surface area contributed by atoms with Gasteiger partial charge in [-0.2, -0.15) is 0 Å². The number of benzene rings is 2. The monoisotopic (exact) mass is 275 g/mol. The first-order valence-electron chi connectivity index (χ1n) is 6.10. The minimum absolute atomic E-state index is 0.0977. The fourth-order valence-electron chi connectivity index (χ4n) is 2.29. The van der Waals surface area contributed by atoms with Crippen molar-refractivity contribution in [1.82, 2.24) is 0 Å². The number of rotatable bonds is 2. The number of hydrogen-bond acceptors (Lipinski definition) is 2. The van der Waals surface area contributed by atoms with Crippen LogP contribution in [0.1, 0.15) is 22.8 Å². The van der Waals surface area contributed by atoms with Gasteiger partial charge in [0.05, 0.1) is 6.42 Å². The van der Waals surface area contributed by atoms with Crippen LogP contribution in [0, 0.1) is 11.6 Å². The van der Waals surface area contributed by atoms with E-state index in [9.17, 15) is 18.7 Å². The molecule has 0 spiro atoms. The first-order valence-corrected chi connectivity index (χ1v) is 6.10. The molecule has 20 heavy (non-hydrogen) atoms. The molecule has 0 fully saturated rings.